The average molecular weight is 266 g/mol. The molecule has 1 aromatic heterocycles. The molecule has 1 rings (SSSR count). The van der Waals surface area contributed by atoms with Crippen LogP contribution in [0.1, 0.15) is 0 Å². The standard InChI is InChI=1S/C7H8ClN3O4S/c8-6-5(11(14)15)7(10-3-9-6)16-2-4(13)1-12/h3-4,12-13H,1-2H2. The van der Waals surface area contributed by atoms with E-state index in [0.29, 0.717) is 0 Å². The van der Waals surface area contributed by atoms with Gasteiger partial charge in [0, 0.05) is 5.75 Å². The minimum absolute atomic E-state index is 0.0671. The van der Waals surface area contributed by atoms with E-state index in [0.717, 1.165) is 18.1 Å². The van der Waals surface area contributed by atoms with E-state index in [1.54, 1.807) is 0 Å². The molecule has 0 saturated carbocycles. The van der Waals surface area contributed by atoms with Crippen LogP contribution in [0, 0.1) is 10.1 Å². The Bertz CT molecular complexity index is 392. The van der Waals surface area contributed by atoms with Gasteiger partial charge in [-0.1, -0.05) is 23.4 Å². The molecule has 16 heavy (non-hydrogen) atoms. The number of nitro groups is 1. The highest BCUT2D eigenvalue weighted by Gasteiger charge is 2.22. The Kier molecular flexibility index (Phi) is 4.87. The number of aromatic nitrogens is 2. The monoisotopic (exact) mass is 265 g/mol. The van der Waals surface area contributed by atoms with Crippen LogP contribution in [0.4, 0.5) is 5.69 Å². The van der Waals surface area contributed by atoms with Gasteiger partial charge in [0.25, 0.3) is 0 Å². The molecular formula is C7H8ClN3O4S. The number of aliphatic hydroxyl groups excluding tert-OH is 2. The zero-order chi connectivity index (χ0) is 12.1. The fourth-order valence-corrected chi connectivity index (χ4v) is 1.97. The lowest BCUT2D eigenvalue weighted by molar-refractivity contribution is -0.388. The van der Waals surface area contributed by atoms with Crippen LogP contribution in [-0.2, 0) is 0 Å². The number of rotatable bonds is 5. The van der Waals surface area contributed by atoms with Crippen molar-refractivity contribution in [3.8, 4) is 0 Å². The Labute approximate surface area is 99.6 Å². The summed E-state index contributed by atoms with van der Waals surface area (Å²) in [5.41, 5.74) is -0.390. The van der Waals surface area contributed by atoms with Gasteiger partial charge in [-0.15, -0.1) is 0 Å². The van der Waals surface area contributed by atoms with Crippen LogP contribution in [0.15, 0.2) is 11.4 Å². The van der Waals surface area contributed by atoms with Gasteiger partial charge in [-0.25, -0.2) is 9.97 Å². The van der Waals surface area contributed by atoms with Crippen molar-refractivity contribution in [1.29, 1.82) is 0 Å². The van der Waals surface area contributed by atoms with E-state index in [1.807, 2.05) is 0 Å². The fraction of sp³-hybridized carbons (Fsp3) is 0.429. The summed E-state index contributed by atoms with van der Waals surface area (Å²) in [5, 5.41) is 28.2. The first-order valence-electron chi connectivity index (χ1n) is 4.13. The molecule has 9 heteroatoms. The van der Waals surface area contributed by atoms with Gasteiger partial charge in [-0.2, -0.15) is 0 Å². The summed E-state index contributed by atoms with van der Waals surface area (Å²) in [6.07, 6.45) is 0.140. The van der Waals surface area contributed by atoms with Gasteiger partial charge in [-0.05, 0) is 0 Å². The third-order valence-electron chi connectivity index (χ3n) is 1.55. The van der Waals surface area contributed by atoms with Crippen LogP contribution in [0.3, 0.4) is 0 Å². The third-order valence-corrected chi connectivity index (χ3v) is 2.95. The fourth-order valence-electron chi connectivity index (χ4n) is 0.829. The molecule has 1 atom stereocenters. The molecule has 0 fully saturated rings. The van der Waals surface area contributed by atoms with Crippen LogP contribution in [0.5, 0.6) is 0 Å². The molecule has 0 amide bonds. The van der Waals surface area contributed by atoms with Crippen LogP contribution in [-0.4, -0.2) is 43.6 Å². The van der Waals surface area contributed by atoms with E-state index in [1.165, 1.54) is 0 Å². The summed E-state index contributed by atoms with van der Waals surface area (Å²) in [6.45, 7) is -0.417. The minimum atomic E-state index is -0.960. The van der Waals surface area contributed by atoms with Gasteiger partial charge < -0.3 is 10.2 Å². The topological polar surface area (TPSA) is 109 Å². The highest BCUT2D eigenvalue weighted by atomic mass is 35.5. The van der Waals surface area contributed by atoms with Gasteiger partial charge >= 0.3 is 5.69 Å². The maximum Gasteiger partial charge on any atom is 0.338 e. The van der Waals surface area contributed by atoms with Crippen LogP contribution in [0.2, 0.25) is 5.15 Å². The first-order chi connectivity index (χ1) is 7.56. The summed E-state index contributed by atoms with van der Waals surface area (Å²) in [5.74, 6) is 0.0880. The van der Waals surface area contributed by atoms with E-state index >= 15 is 0 Å². The zero-order valence-electron chi connectivity index (χ0n) is 7.91. The maximum atomic E-state index is 10.7. The van der Waals surface area contributed by atoms with Gasteiger partial charge in [-0.3, -0.25) is 10.1 Å². The number of hydrogen-bond acceptors (Lipinski definition) is 7. The molecule has 1 heterocycles. The van der Waals surface area contributed by atoms with Gasteiger partial charge in [0.1, 0.15) is 6.33 Å². The van der Waals surface area contributed by atoms with Gasteiger partial charge in [0.2, 0.25) is 5.15 Å². The highest BCUT2D eigenvalue weighted by molar-refractivity contribution is 7.99. The Morgan fingerprint density at radius 2 is 2.31 bits per heavy atom. The number of nitrogens with zero attached hydrogens (tertiary/aromatic N) is 3. The molecule has 0 aliphatic carbocycles. The third kappa shape index (κ3) is 3.27. The molecule has 88 valence electrons. The second-order valence-electron chi connectivity index (χ2n) is 2.72. The second-order valence-corrected chi connectivity index (χ2v) is 4.09. The van der Waals surface area contributed by atoms with Crippen molar-refractivity contribution < 1.29 is 15.1 Å². The predicted molar refractivity (Wildman–Crippen MR) is 57.5 cm³/mol. The van der Waals surface area contributed by atoms with E-state index in [-0.39, 0.29) is 21.6 Å². The first-order valence-corrected chi connectivity index (χ1v) is 5.49. The molecule has 0 radical (unpaired) electrons. The van der Waals surface area contributed by atoms with Crippen LogP contribution >= 0.6 is 23.4 Å². The molecule has 0 aliphatic heterocycles. The van der Waals surface area contributed by atoms with Crippen molar-refractivity contribution >= 4 is 29.1 Å². The Morgan fingerprint density at radius 1 is 1.62 bits per heavy atom. The van der Waals surface area contributed by atoms with Gasteiger partial charge in [0.05, 0.1) is 17.6 Å². The summed E-state index contributed by atoms with van der Waals surface area (Å²) >= 11 is 6.49. The molecule has 0 saturated heterocycles. The molecule has 7 nitrogen and oxygen atoms in total. The lowest BCUT2D eigenvalue weighted by Gasteiger charge is -2.06. The van der Waals surface area contributed by atoms with Crippen LogP contribution in [0.25, 0.3) is 0 Å². The van der Waals surface area contributed by atoms with Crippen LogP contribution < -0.4 is 0 Å². The van der Waals surface area contributed by atoms with E-state index in [9.17, 15) is 10.1 Å². The number of halogens is 1. The molecule has 2 N–H and O–H groups in total. The van der Waals surface area contributed by atoms with Crippen molar-refractivity contribution in [3.05, 3.63) is 21.6 Å². The van der Waals surface area contributed by atoms with Crippen molar-refractivity contribution in [2.45, 2.75) is 11.1 Å². The second kappa shape index (κ2) is 5.94. The van der Waals surface area contributed by atoms with E-state index in [2.05, 4.69) is 9.97 Å². The Balaban J connectivity index is 2.87. The lowest BCUT2D eigenvalue weighted by Crippen LogP contribution is -2.14. The Morgan fingerprint density at radius 3 is 2.88 bits per heavy atom. The molecule has 0 spiro atoms. The number of thioether (sulfide) groups is 1. The summed E-state index contributed by atoms with van der Waals surface area (Å²) in [4.78, 5) is 17.2. The smallest absolute Gasteiger partial charge is 0.338 e. The SMILES string of the molecule is O=[N+]([O-])c1c(Cl)ncnc1SCC(O)CO. The molecule has 1 unspecified atom stereocenters. The molecule has 0 aromatic carbocycles. The molecular weight excluding hydrogens is 258 g/mol. The van der Waals surface area contributed by atoms with Crippen molar-refractivity contribution in [3.63, 3.8) is 0 Å². The maximum absolute atomic E-state index is 10.7. The predicted octanol–water partition coefficient (Wildman–Crippen LogP) is 0.483. The summed E-state index contributed by atoms with van der Waals surface area (Å²) < 4.78 is 0. The van der Waals surface area contributed by atoms with Crippen molar-refractivity contribution in [1.82, 2.24) is 9.97 Å². The minimum Gasteiger partial charge on any atom is -0.394 e. The first kappa shape index (κ1) is 13.1. The molecule has 0 aliphatic rings. The summed E-state index contributed by atoms with van der Waals surface area (Å²) in [6, 6.07) is 0. The molecule has 0 bridgehead atoms. The van der Waals surface area contributed by atoms with Gasteiger partial charge in [0.15, 0.2) is 5.03 Å². The largest absolute Gasteiger partial charge is 0.394 e. The number of hydrogen-bond donors (Lipinski definition) is 2. The number of aliphatic hydroxyl groups is 2. The normalized spacial score (nSPS) is 12.4. The summed E-state index contributed by atoms with van der Waals surface area (Å²) in [7, 11) is 0. The average Bonchev–Trinajstić information content (AvgIpc) is 2.25. The lowest BCUT2D eigenvalue weighted by atomic mass is 10.4. The Hall–Kier alpha value is -0.960. The van der Waals surface area contributed by atoms with E-state index in [4.69, 9.17) is 21.8 Å². The zero-order valence-corrected chi connectivity index (χ0v) is 9.48. The highest BCUT2D eigenvalue weighted by Crippen LogP contribution is 2.31. The molecule has 1 aromatic rings. The van der Waals surface area contributed by atoms with Crippen molar-refractivity contribution in [2.75, 3.05) is 12.4 Å². The van der Waals surface area contributed by atoms with Crippen molar-refractivity contribution in [2.24, 2.45) is 0 Å². The quantitative estimate of drug-likeness (QED) is 0.345. The van der Waals surface area contributed by atoms with E-state index < -0.39 is 17.6 Å².